The van der Waals surface area contributed by atoms with Crippen molar-refractivity contribution in [3.05, 3.63) is 41.7 Å². The van der Waals surface area contributed by atoms with Gasteiger partial charge in [0.25, 0.3) is 5.91 Å². The van der Waals surface area contributed by atoms with Crippen molar-refractivity contribution in [3.8, 4) is 0 Å². The Morgan fingerprint density at radius 3 is 2.76 bits per heavy atom. The van der Waals surface area contributed by atoms with Gasteiger partial charge < -0.3 is 30.5 Å². The molecule has 3 aromatic heterocycles. The maximum absolute atomic E-state index is 12.9. The number of rotatable bonds is 6. The minimum atomic E-state index is -0.733. The van der Waals surface area contributed by atoms with Gasteiger partial charge in [0.2, 0.25) is 0 Å². The van der Waals surface area contributed by atoms with Crippen LogP contribution in [-0.4, -0.2) is 76.2 Å². The van der Waals surface area contributed by atoms with E-state index in [9.17, 15) is 9.90 Å². The Kier molecular flexibility index (Phi) is 6.07. The molecule has 3 aromatic rings. The molecule has 0 bridgehead atoms. The van der Waals surface area contributed by atoms with Gasteiger partial charge in [0, 0.05) is 37.9 Å². The van der Waals surface area contributed by atoms with Crippen LogP contribution < -0.4 is 16.0 Å². The zero-order valence-corrected chi connectivity index (χ0v) is 18.3. The molecule has 1 amide bonds. The van der Waals surface area contributed by atoms with Gasteiger partial charge in [0.15, 0.2) is 5.65 Å². The summed E-state index contributed by atoms with van der Waals surface area (Å²) in [5, 5.41) is 23.4. The normalized spacial score (nSPS) is 21.3. The molecule has 11 heteroatoms. The Balaban J connectivity index is 1.42. The molecule has 0 spiro atoms. The third-order valence-electron chi connectivity index (χ3n) is 6.01. The molecule has 5 rings (SSSR count). The molecule has 4 N–H and O–H groups in total. The van der Waals surface area contributed by atoms with Gasteiger partial charge in [-0.15, -0.1) is 0 Å². The zero-order valence-electron chi connectivity index (χ0n) is 18.3. The number of aliphatic hydroxyl groups is 1. The van der Waals surface area contributed by atoms with Gasteiger partial charge in [-0.1, -0.05) is 6.07 Å². The fourth-order valence-corrected chi connectivity index (χ4v) is 4.17. The van der Waals surface area contributed by atoms with Crippen LogP contribution in [0.3, 0.4) is 0 Å². The minimum absolute atomic E-state index is 0.204. The molecule has 0 saturated carbocycles. The Morgan fingerprint density at radius 1 is 1.15 bits per heavy atom. The van der Waals surface area contributed by atoms with Crippen molar-refractivity contribution in [1.29, 1.82) is 0 Å². The lowest BCUT2D eigenvalue weighted by atomic mass is 9.96. The Morgan fingerprint density at radius 2 is 2.00 bits per heavy atom. The van der Waals surface area contributed by atoms with Crippen molar-refractivity contribution in [3.63, 3.8) is 0 Å². The van der Waals surface area contributed by atoms with E-state index in [0.29, 0.717) is 34.6 Å². The summed E-state index contributed by atoms with van der Waals surface area (Å²) in [4.78, 5) is 22.3. The van der Waals surface area contributed by atoms with Gasteiger partial charge in [-0.05, 0) is 25.0 Å². The predicted octanol–water partition coefficient (Wildman–Crippen LogP) is 1.29. The summed E-state index contributed by atoms with van der Waals surface area (Å²) in [5.74, 6) is 1.87. The van der Waals surface area contributed by atoms with Crippen molar-refractivity contribution < 1.29 is 19.4 Å². The van der Waals surface area contributed by atoms with Crippen molar-refractivity contribution in [2.75, 3.05) is 44.1 Å². The highest BCUT2D eigenvalue weighted by Crippen LogP contribution is 2.27. The molecule has 33 heavy (non-hydrogen) atoms. The number of ether oxygens (including phenoxy) is 2. The largest absolute Gasteiger partial charge is 0.388 e. The van der Waals surface area contributed by atoms with Crippen LogP contribution in [0.25, 0.3) is 5.65 Å². The number of fused-ring (bicyclic) bond motifs is 1. The van der Waals surface area contributed by atoms with Crippen LogP contribution in [0.2, 0.25) is 0 Å². The number of carbonyl (C=O) groups excluding carboxylic acids is 1. The summed E-state index contributed by atoms with van der Waals surface area (Å²) in [7, 11) is 1.77. The number of hydrogen-bond donors (Lipinski definition) is 4. The number of pyridine rings is 1. The van der Waals surface area contributed by atoms with Gasteiger partial charge in [-0.25, -0.2) is 9.97 Å². The zero-order chi connectivity index (χ0) is 22.8. The monoisotopic (exact) mass is 453 g/mol. The summed E-state index contributed by atoms with van der Waals surface area (Å²) >= 11 is 0. The number of aliphatic hydroxyl groups excluding tert-OH is 1. The first kappa shape index (κ1) is 21.6. The van der Waals surface area contributed by atoms with E-state index in [2.05, 4.69) is 26.0 Å². The van der Waals surface area contributed by atoms with Crippen molar-refractivity contribution in [2.45, 2.75) is 30.9 Å². The van der Waals surface area contributed by atoms with Gasteiger partial charge in [-0.3, -0.25) is 4.79 Å². The van der Waals surface area contributed by atoms with Crippen LogP contribution >= 0.6 is 0 Å². The molecule has 0 aliphatic carbocycles. The first-order chi connectivity index (χ1) is 16.1. The second kappa shape index (κ2) is 9.30. The van der Waals surface area contributed by atoms with E-state index in [0.717, 1.165) is 31.7 Å². The SMILES string of the molecule is CNc1cc(Nc2cccc(C3CCOCC3)n2)nc2c(C(=O)N[C@@H]3COC[C@@H]3O)cnn12. The van der Waals surface area contributed by atoms with Crippen LogP contribution in [0.5, 0.6) is 0 Å². The van der Waals surface area contributed by atoms with E-state index in [1.165, 1.54) is 6.20 Å². The van der Waals surface area contributed by atoms with Gasteiger partial charge >= 0.3 is 0 Å². The number of anilines is 3. The summed E-state index contributed by atoms with van der Waals surface area (Å²) in [6, 6.07) is 7.25. The molecule has 2 aliphatic rings. The molecule has 0 unspecified atom stereocenters. The fraction of sp³-hybridized carbons (Fsp3) is 0.455. The van der Waals surface area contributed by atoms with E-state index in [1.54, 1.807) is 17.6 Å². The van der Waals surface area contributed by atoms with Crippen LogP contribution in [0.4, 0.5) is 17.5 Å². The number of aromatic nitrogens is 4. The standard InChI is InChI=1S/C22H27N7O4/c1-23-20-9-19(27-18-4-2-3-15(25-18)13-5-7-32-8-6-13)28-21-14(10-24-29(20)21)22(31)26-16-11-33-12-17(16)30/h2-4,9-10,13,16-17,23,30H,5-8,11-12H2,1H3,(H,26,31)(H,25,27,28)/t16-,17+/m1/s1. The first-order valence-corrected chi connectivity index (χ1v) is 11.1. The van der Waals surface area contributed by atoms with Crippen molar-refractivity contribution >= 4 is 29.0 Å². The summed E-state index contributed by atoms with van der Waals surface area (Å²) in [5.41, 5.74) is 1.72. The Labute approximate surface area is 190 Å². The third-order valence-corrected chi connectivity index (χ3v) is 6.01. The highest BCUT2D eigenvalue weighted by Gasteiger charge is 2.29. The predicted molar refractivity (Wildman–Crippen MR) is 121 cm³/mol. The van der Waals surface area contributed by atoms with E-state index < -0.39 is 12.1 Å². The molecule has 0 aromatic carbocycles. The van der Waals surface area contributed by atoms with Crippen LogP contribution in [-0.2, 0) is 9.47 Å². The topological polar surface area (TPSA) is 135 Å². The van der Waals surface area contributed by atoms with E-state index in [1.807, 2.05) is 18.2 Å². The van der Waals surface area contributed by atoms with Crippen molar-refractivity contribution in [1.82, 2.24) is 24.9 Å². The molecule has 11 nitrogen and oxygen atoms in total. The van der Waals surface area contributed by atoms with E-state index in [4.69, 9.17) is 14.5 Å². The molecular formula is C22H27N7O4. The first-order valence-electron chi connectivity index (χ1n) is 11.1. The minimum Gasteiger partial charge on any atom is -0.388 e. The van der Waals surface area contributed by atoms with Crippen LogP contribution in [0.15, 0.2) is 30.5 Å². The van der Waals surface area contributed by atoms with Crippen LogP contribution in [0, 0.1) is 0 Å². The number of nitrogens with one attached hydrogen (secondary N) is 3. The smallest absolute Gasteiger partial charge is 0.257 e. The van der Waals surface area contributed by atoms with E-state index in [-0.39, 0.29) is 19.1 Å². The molecule has 2 fully saturated rings. The number of nitrogens with zero attached hydrogens (tertiary/aromatic N) is 4. The van der Waals surface area contributed by atoms with Gasteiger partial charge in [0.05, 0.1) is 31.6 Å². The molecule has 2 atom stereocenters. The maximum atomic E-state index is 12.9. The molecule has 174 valence electrons. The number of hydrogen-bond acceptors (Lipinski definition) is 9. The van der Waals surface area contributed by atoms with Gasteiger partial charge in [-0.2, -0.15) is 9.61 Å². The third kappa shape index (κ3) is 4.47. The highest BCUT2D eigenvalue weighted by molar-refractivity contribution is 6.00. The lowest BCUT2D eigenvalue weighted by Gasteiger charge is -2.22. The molecule has 2 saturated heterocycles. The quantitative estimate of drug-likeness (QED) is 0.435. The molecule has 5 heterocycles. The maximum Gasteiger partial charge on any atom is 0.257 e. The van der Waals surface area contributed by atoms with Crippen molar-refractivity contribution in [2.24, 2.45) is 0 Å². The average Bonchev–Trinajstić information content (AvgIpc) is 3.45. The molecule has 2 aliphatic heterocycles. The second-order valence-electron chi connectivity index (χ2n) is 8.21. The molecule has 0 radical (unpaired) electrons. The number of carbonyl (C=O) groups is 1. The Hall–Kier alpha value is -3.28. The van der Waals surface area contributed by atoms with E-state index >= 15 is 0 Å². The Bertz CT molecular complexity index is 1140. The summed E-state index contributed by atoms with van der Waals surface area (Å²) < 4.78 is 12.2. The molecular weight excluding hydrogens is 426 g/mol. The summed E-state index contributed by atoms with van der Waals surface area (Å²) in [6.07, 6.45) is 2.65. The average molecular weight is 454 g/mol. The highest BCUT2D eigenvalue weighted by atomic mass is 16.5. The lowest BCUT2D eigenvalue weighted by molar-refractivity contribution is 0.0845. The summed E-state index contributed by atoms with van der Waals surface area (Å²) in [6.45, 7) is 1.98. The fourth-order valence-electron chi connectivity index (χ4n) is 4.17. The number of amides is 1. The van der Waals surface area contributed by atoms with Crippen LogP contribution in [0.1, 0.15) is 34.8 Å². The lowest BCUT2D eigenvalue weighted by Crippen LogP contribution is -2.42. The second-order valence-corrected chi connectivity index (χ2v) is 8.21. The van der Waals surface area contributed by atoms with Gasteiger partial charge in [0.1, 0.15) is 23.0 Å².